The fraction of sp³-hybridized carbons (Fsp3) is 0.900. The molecule has 4 nitrogen and oxygen atoms in total. The number of carbonyl (C=O) groups excluding carboxylic acids is 1. The fourth-order valence-electron chi connectivity index (χ4n) is 1.90. The molecule has 1 aliphatic carbocycles. The first-order valence-electron chi connectivity index (χ1n) is 5.03. The van der Waals surface area contributed by atoms with Crippen molar-refractivity contribution in [1.29, 1.82) is 0 Å². The van der Waals surface area contributed by atoms with E-state index in [0.717, 1.165) is 0 Å². The highest BCUT2D eigenvalue weighted by molar-refractivity contribution is 5.87. The van der Waals surface area contributed by atoms with Gasteiger partial charge in [0.25, 0.3) is 0 Å². The van der Waals surface area contributed by atoms with Crippen LogP contribution >= 0.6 is 0 Å². The first-order valence-corrected chi connectivity index (χ1v) is 5.03. The molecule has 1 saturated carbocycles. The van der Waals surface area contributed by atoms with Gasteiger partial charge in [0.15, 0.2) is 6.10 Å². The summed E-state index contributed by atoms with van der Waals surface area (Å²) in [4.78, 5) is 11.3. The Morgan fingerprint density at radius 3 is 2.25 bits per heavy atom. The van der Waals surface area contributed by atoms with Crippen LogP contribution in [0.5, 0.6) is 0 Å². The molecule has 0 amide bonds. The average Bonchev–Trinajstić information content (AvgIpc) is 2.12. The molecule has 0 radical (unpaired) electrons. The van der Waals surface area contributed by atoms with Crippen LogP contribution in [0.4, 0.5) is 8.78 Å². The quantitative estimate of drug-likeness (QED) is 0.559. The van der Waals surface area contributed by atoms with E-state index in [-0.39, 0.29) is 6.42 Å². The monoisotopic (exact) mass is 238 g/mol. The third kappa shape index (κ3) is 2.39. The second kappa shape index (κ2) is 4.01. The van der Waals surface area contributed by atoms with E-state index in [1.165, 1.54) is 0 Å². The third-order valence-electron chi connectivity index (χ3n) is 2.86. The van der Waals surface area contributed by atoms with Crippen LogP contribution in [-0.4, -0.2) is 45.3 Å². The molecule has 0 aromatic rings. The Morgan fingerprint density at radius 2 is 1.75 bits per heavy atom. The number of carbonyl (C=O) groups is 1. The lowest BCUT2D eigenvalue weighted by Gasteiger charge is -2.37. The van der Waals surface area contributed by atoms with E-state index in [4.69, 9.17) is 5.11 Å². The maximum Gasteiger partial charge on any atom is 0.333 e. The van der Waals surface area contributed by atoms with Crippen molar-refractivity contribution in [1.82, 2.24) is 0 Å². The first-order chi connectivity index (χ1) is 7.08. The third-order valence-corrected chi connectivity index (χ3v) is 2.86. The molecule has 0 saturated heterocycles. The highest BCUT2D eigenvalue weighted by atomic mass is 19.3. The number of hydrogen-bond acceptors (Lipinski definition) is 4. The van der Waals surface area contributed by atoms with E-state index in [1.807, 2.05) is 0 Å². The Kier molecular flexibility index (Phi) is 3.38. The van der Waals surface area contributed by atoms with Crippen LogP contribution in [0.3, 0.4) is 0 Å². The molecule has 0 spiro atoms. The Balaban J connectivity index is 3.05. The Hall–Kier alpha value is -0.590. The number of alkyl halides is 2. The minimum Gasteiger partial charge on any atom is -0.390 e. The van der Waals surface area contributed by atoms with Gasteiger partial charge in [-0.15, -0.1) is 0 Å². The van der Waals surface area contributed by atoms with Crippen molar-refractivity contribution < 1.29 is 28.9 Å². The lowest BCUT2D eigenvalue weighted by molar-refractivity contribution is -0.195. The van der Waals surface area contributed by atoms with Gasteiger partial charge in [-0.3, -0.25) is 4.79 Å². The van der Waals surface area contributed by atoms with Crippen molar-refractivity contribution >= 4 is 5.78 Å². The largest absolute Gasteiger partial charge is 0.390 e. The fourth-order valence-corrected chi connectivity index (χ4v) is 1.90. The van der Waals surface area contributed by atoms with Crippen molar-refractivity contribution in [2.45, 2.75) is 50.9 Å². The number of rotatable bonds is 0. The molecule has 0 aromatic heterocycles. The summed E-state index contributed by atoms with van der Waals surface area (Å²) in [5.41, 5.74) is -0.832. The van der Waals surface area contributed by atoms with Gasteiger partial charge >= 0.3 is 5.92 Å². The van der Waals surface area contributed by atoms with Gasteiger partial charge in [0.1, 0.15) is 6.10 Å². The Morgan fingerprint density at radius 1 is 1.25 bits per heavy atom. The van der Waals surface area contributed by atoms with Gasteiger partial charge < -0.3 is 15.3 Å². The molecule has 3 N–H and O–H groups in total. The van der Waals surface area contributed by atoms with Crippen LogP contribution in [0.15, 0.2) is 0 Å². The molecular formula is C10H16F2O4. The zero-order chi connectivity index (χ0) is 12.7. The smallest absolute Gasteiger partial charge is 0.333 e. The summed E-state index contributed by atoms with van der Waals surface area (Å²) in [5, 5.41) is 27.9. The SMILES string of the molecule is CC1(C)CC(=O)C(F)(F)[C@H](O)[C@H](O)[C@H](O)C1. The number of hydrogen-bond donors (Lipinski definition) is 3. The standard InChI is InChI=1S/C10H16F2O4/c1-9(2)3-5(13)7(15)8(16)10(11,12)6(14)4-9/h5,7-8,13,15-16H,3-4H2,1-2H3/t5-,7-,8-/m1/s1. The first kappa shape index (κ1) is 13.5. The van der Waals surface area contributed by atoms with Gasteiger partial charge in [-0.2, -0.15) is 8.78 Å². The van der Waals surface area contributed by atoms with Crippen LogP contribution in [0, 0.1) is 5.41 Å². The van der Waals surface area contributed by atoms with E-state index >= 15 is 0 Å². The lowest BCUT2D eigenvalue weighted by atomic mass is 9.75. The summed E-state index contributed by atoms with van der Waals surface area (Å²) < 4.78 is 26.7. The van der Waals surface area contributed by atoms with Crippen molar-refractivity contribution in [3.8, 4) is 0 Å². The molecule has 0 heterocycles. The number of aliphatic hydroxyl groups excluding tert-OH is 3. The van der Waals surface area contributed by atoms with Crippen LogP contribution < -0.4 is 0 Å². The van der Waals surface area contributed by atoms with Gasteiger partial charge in [-0.05, 0) is 11.8 Å². The second-order valence-electron chi connectivity index (χ2n) is 5.09. The Labute approximate surface area is 91.9 Å². The van der Waals surface area contributed by atoms with E-state index in [1.54, 1.807) is 13.8 Å². The molecular weight excluding hydrogens is 222 g/mol. The van der Waals surface area contributed by atoms with E-state index < -0.39 is 41.9 Å². The summed E-state index contributed by atoms with van der Waals surface area (Å²) in [6.07, 6.45) is -6.50. The Bertz CT molecular complexity index is 291. The number of aliphatic hydroxyl groups is 3. The summed E-state index contributed by atoms with van der Waals surface area (Å²) in [7, 11) is 0. The molecule has 1 fully saturated rings. The highest BCUT2D eigenvalue weighted by Crippen LogP contribution is 2.37. The molecule has 0 aromatic carbocycles. The minimum absolute atomic E-state index is 0.0208. The van der Waals surface area contributed by atoms with Gasteiger partial charge in [-0.25, -0.2) is 0 Å². The molecule has 94 valence electrons. The van der Waals surface area contributed by atoms with E-state index in [0.29, 0.717) is 0 Å². The number of Topliss-reactive ketones (excluding diaryl/α,β-unsaturated/α-hetero) is 1. The van der Waals surface area contributed by atoms with Crippen LogP contribution in [-0.2, 0) is 4.79 Å². The van der Waals surface area contributed by atoms with Crippen LogP contribution in [0.25, 0.3) is 0 Å². The summed E-state index contributed by atoms with van der Waals surface area (Å²) in [6, 6.07) is 0. The van der Waals surface area contributed by atoms with Crippen LogP contribution in [0.2, 0.25) is 0 Å². The summed E-state index contributed by atoms with van der Waals surface area (Å²) in [5.74, 6) is -5.42. The molecule has 6 heteroatoms. The summed E-state index contributed by atoms with van der Waals surface area (Å²) >= 11 is 0. The molecule has 0 bridgehead atoms. The van der Waals surface area contributed by atoms with Crippen molar-refractivity contribution in [2.75, 3.05) is 0 Å². The molecule has 1 rings (SSSR count). The second-order valence-corrected chi connectivity index (χ2v) is 5.09. The minimum atomic E-state index is -4.02. The molecule has 0 aliphatic heterocycles. The molecule has 0 unspecified atom stereocenters. The predicted octanol–water partition coefficient (Wildman–Crippen LogP) is 0.0935. The van der Waals surface area contributed by atoms with Crippen molar-refractivity contribution in [3.05, 3.63) is 0 Å². The molecule has 1 aliphatic rings. The van der Waals surface area contributed by atoms with Gasteiger partial charge in [0, 0.05) is 6.42 Å². The normalized spacial score (nSPS) is 38.9. The van der Waals surface area contributed by atoms with Crippen molar-refractivity contribution in [2.24, 2.45) is 5.41 Å². The topological polar surface area (TPSA) is 77.8 Å². The average molecular weight is 238 g/mol. The zero-order valence-corrected chi connectivity index (χ0v) is 9.15. The zero-order valence-electron chi connectivity index (χ0n) is 9.15. The van der Waals surface area contributed by atoms with E-state index in [9.17, 15) is 23.8 Å². The van der Waals surface area contributed by atoms with Crippen LogP contribution in [0.1, 0.15) is 26.7 Å². The predicted molar refractivity (Wildman–Crippen MR) is 51.0 cm³/mol. The van der Waals surface area contributed by atoms with Gasteiger partial charge in [0.2, 0.25) is 5.78 Å². The van der Waals surface area contributed by atoms with E-state index in [2.05, 4.69) is 0 Å². The lowest BCUT2D eigenvalue weighted by Crippen LogP contribution is -2.55. The van der Waals surface area contributed by atoms with Gasteiger partial charge in [0.05, 0.1) is 6.10 Å². The maximum absolute atomic E-state index is 13.3. The summed E-state index contributed by atoms with van der Waals surface area (Å²) in [6.45, 7) is 3.10. The molecule has 3 atom stereocenters. The van der Waals surface area contributed by atoms with Crippen molar-refractivity contribution in [3.63, 3.8) is 0 Å². The van der Waals surface area contributed by atoms with Gasteiger partial charge in [-0.1, -0.05) is 13.8 Å². The highest BCUT2D eigenvalue weighted by Gasteiger charge is 2.54. The molecule has 16 heavy (non-hydrogen) atoms. The number of ketones is 1. The maximum atomic E-state index is 13.3. The number of halogens is 2.